The Hall–Kier alpha value is -2.35. The number of aromatic amines is 1. The van der Waals surface area contributed by atoms with Gasteiger partial charge in [-0.15, -0.1) is 0 Å². The summed E-state index contributed by atoms with van der Waals surface area (Å²) in [7, 11) is 0. The number of benzene rings is 1. The number of H-pyrrole nitrogens is 1. The summed E-state index contributed by atoms with van der Waals surface area (Å²) in [5.74, 6) is -0.326. The number of nitrogens with zero attached hydrogens (tertiary/aromatic N) is 4. The van der Waals surface area contributed by atoms with Gasteiger partial charge in [0, 0.05) is 15.6 Å². The molecule has 4 rings (SSSR count). The van der Waals surface area contributed by atoms with Gasteiger partial charge >= 0.3 is 0 Å². The topological polar surface area (TPSA) is 59.4 Å². The molecule has 0 unspecified atom stereocenters. The van der Waals surface area contributed by atoms with Gasteiger partial charge in [-0.1, -0.05) is 0 Å². The average Bonchev–Trinajstić information content (AvgIpc) is 3.10. The van der Waals surface area contributed by atoms with E-state index in [1.54, 1.807) is 30.5 Å². The predicted octanol–water partition coefficient (Wildman–Crippen LogP) is 4.31. The van der Waals surface area contributed by atoms with Gasteiger partial charge in [0.15, 0.2) is 11.5 Å². The second-order valence-corrected chi connectivity index (χ2v) is 6.02. The van der Waals surface area contributed by atoms with E-state index in [0.29, 0.717) is 16.9 Å². The van der Waals surface area contributed by atoms with Crippen LogP contribution in [-0.4, -0.2) is 24.7 Å². The maximum atomic E-state index is 13.5. The molecular weight excluding hydrogens is 368 g/mol. The number of rotatable bonds is 2. The molecule has 5 nitrogen and oxygen atoms in total. The molecule has 116 valence electrons. The van der Waals surface area contributed by atoms with Crippen LogP contribution < -0.4 is 0 Å². The van der Waals surface area contributed by atoms with E-state index >= 15 is 0 Å². The first-order valence-electron chi connectivity index (χ1n) is 6.82. The van der Waals surface area contributed by atoms with Crippen molar-refractivity contribution in [2.45, 2.75) is 13.3 Å². The summed E-state index contributed by atoms with van der Waals surface area (Å²) in [5.41, 5.74) is 2.95. The molecule has 0 saturated heterocycles. The normalized spacial score (nSPS) is 11.9. The molecule has 0 spiro atoms. The van der Waals surface area contributed by atoms with Gasteiger partial charge in [0.25, 0.3) is 6.43 Å². The number of pyridine rings is 1. The van der Waals surface area contributed by atoms with Crippen LogP contribution in [0.25, 0.3) is 27.8 Å². The molecule has 1 aromatic carbocycles. The van der Waals surface area contributed by atoms with Crippen molar-refractivity contribution < 1.29 is 8.78 Å². The van der Waals surface area contributed by atoms with E-state index in [2.05, 4.69) is 36.1 Å². The van der Waals surface area contributed by atoms with Crippen LogP contribution in [0.5, 0.6) is 0 Å². The molecule has 0 atom stereocenters. The Bertz CT molecular complexity index is 1040. The van der Waals surface area contributed by atoms with Gasteiger partial charge in [-0.05, 0) is 47.1 Å². The molecule has 0 aliphatic heterocycles. The van der Waals surface area contributed by atoms with E-state index < -0.39 is 6.43 Å². The smallest absolute Gasteiger partial charge is 0.277 e. The molecule has 1 N–H and O–H groups in total. The third kappa shape index (κ3) is 2.21. The van der Waals surface area contributed by atoms with Crippen LogP contribution in [0.15, 0.2) is 34.9 Å². The van der Waals surface area contributed by atoms with Gasteiger partial charge in [0.05, 0.1) is 17.4 Å². The van der Waals surface area contributed by atoms with Crippen molar-refractivity contribution in [3.8, 4) is 5.69 Å². The van der Waals surface area contributed by atoms with Crippen LogP contribution in [0.4, 0.5) is 8.78 Å². The maximum absolute atomic E-state index is 13.5. The van der Waals surface area contributed by atoms with E-state index in [9.17, 15) is 8.78 Å². The number of hydrogen-bond donors (Lipinski definition) is 1. The molecule has 4 aromatic rings. The summed E-state index contributed by atoms with van der Waals surface area (Å²) in [6.07, 6.45) is -1.06. The molecular formula is C15H10BrF2N5. The van der Waals surface area contributed by atoms with Crippen LogP contribution >= 0.6 is 15.9 Å². The molecule has 0 aliphatic carbocycles. The lowest BCUT2D eigenvalue weighted by Gasteiger charge is -2.09. The number of fused-ring (bicyclic) bond motifs is 2. The molecule has 0 amide bonds. The summed E-state index contributed by atoms with van der Waals surface area (Å²) in [6.45, 7) is 1.81. The van der Waals surface area contributed by atoms with Gasteiger partial charge in [0.1, 0.15) is 5.52 Å². The Kier molecular flexibility index (Phi) is 3.15. The van der Waals surface area contributed by atoms with E-state index in [1.807, 2.05) is 6.92 Å². The number of nitrogens with one attached hydrogen (secondary N) is 1. The second kappa shape index (κ2) is 5.09. The lowest BCUT2D eigenvalue weighted by molar-refractivity contribution is 0.139. The maximum Gasteiger partial charge on any atom is 0.296 e. The zero-order chi connectivity index (χ0) is 16.1. The molecule has 0 aliphatic rings. The van der Waals surface area contributed by atoms with Crippen LogP contribution in [0, 0.1) is 6.92 Å². The number of imidazole rings is 1. The summed E-state index contributed by atoms with van der Waals surface area (Å²) in [5, 5.41) is 7.64. The van der Waals surface area contributed by atoms with Crippen LogP contribution in [0.2, 0.25) is 0 Å². The van der Waals surface area contributed by atoms with Crippen LogP contribution in [0.3, 0.4) is 0 Å². The van der Waals surface area contributed by atoms with Crippen molar-refractivity contribution in [1.82, 2.24) is 24.7 Å². The highest BCUT2D eigenvalue weighted by molar-refractivity contribution is 9.10. The molecule has 0 saturated carbocycles. The Balaban J connectivity index is 2.09. The van der Waals surface area contributed by atoms with Gasteiger partial charge in [0.2, 0.25) is 0 Å². The van der Waals surface area contributed by atoms with E-state index in [1.165, 1.54) is 4.57 Å². The zero-order valence-corrected chi connectivity index (χ0v) is 13.5. The summed E-state index contributed by atoms with van der Waals surface area (Å²) in [4.78, 5) is 8.42. The lowest BCUT2D eigenvalue weighted by Crippen LogP contribution is -2.03. The van der Waals surface area contributed by atoms with E-state index in [4.69, 9.17) is 0 Å². The fourth-order valence-corrected chi connectivity index (χ4v) is 3.15. The van der Waals surface area contributed by atoms with E-state index in [0.717, 1.165) is 21.1 Å². The molecule has 3 heterocycles. The molecule has 8 heteroatoms. The Morgan fingerprint density at radius 3 is 2.83 bits per heavy atom. The minimum atomic E-state index is -2.71. The van der Waals surface area contributed by atoms with Crippen molar-refractivity contribution in [2.24, 2.45) is 0 Å². The Labute approximate surface area is 137 Å². The average molecular weight is 378 g/mol. The Morgan fingerprint density at radius 2 is 2.04 bits per heavy atom. The fourth-order valence-electron chi connectivity index (χ4n) is 2.60. The molecule has 23 heavy (non-hydrogen) atoms. The van der Waals surface area contributed by atoms with Crippen molar-refractivity contribution in [2.75, 3.05) is 0 Å². The number of hydrogen-bond acceptors (Lipinski definition) is 3. The SMILES string of the molecule is Cc1ccc2nc(C(F)F)n(-c3cc(Br)c4[nH]ncc4c3)c2n1. The first-order valence-corrected chi connectivity index (χ1v) is 7.61. The van der Waals surface area contributed by atoms with Crippen molar-refractivity contribution in [1.29, 1.82) is 0 Å². The third-order valence-corrected chi connectivity index (χ3v) is 4.23. The highest BCUT2D eigenvalue weighted by Gasteiger charge is 2.22. The van der Waals surface area contributed by atoms with Crippen LogP contribution in [-0.2, 0) is 0 Å². The van der Waals surface area contributed by atoms with Crippen molar-refractivity contribution in [3.63, 3.8) is 0 Å². The largest absolute Gasteiger partial charge is 0.296 e. The molecule has 0 fully saturated rings. The number of halogens is 3. The first kappa shape index (κ1) is 14.3. The highest BCUT2D eigenvalue weighted by Crippen LogP contribution is 2.31. The monoisotopic (exact) mass is 377 g/mol. The Morgan fingerprint density at radius 1 is 1.22 bits per heavy atom. The predicted molar refractivity (Wildman–Crippen MR) is 85.9 cm³/mol. The van der Waals surface area contributed by atoms with Crippen molar-refractivity contribution >= 4 is 38.0 Å². The zero-order valence-electron chi connectivity index (χ0n) is 11.9. The molecule has 0 radical (unpaired) electrons. The minimum absolute atomic E-state index is 0.326. The van der Waals surface area contributed by atoms with Gasteiger partial charge in [-0.3, -0.25) is 9.67 Å². The minimum Gasteiger partial charge on any atom is -0.277 e. The molecule has 3 aromatic heterocycles. The lowest BCUT2D eigenvalue weighted by atomic mass is 10.2. The summed E-state index contributed by atoms with van der Waals surface area (Å²) >= 11 is 3.44. The quantitative estimate of drug-likeness (QED) is 0.566. The standard InChI is InChI=1S/C15H10BrF2N5/c1-7-2-3-11-14(20-7)23(15(21-11)13(17)18)9-4-8-6-19-22-12(8)10(16)5-9/h2-6,13H,1H3,(H,19,22). The van der Waals surface area contributed by atoms with Gasteiger partial charge in [-0.25, -0.2) is 18.7 Å². The second-order valence-electron chi connectivity index (χ2n) is 5.16. The third-order valence-electron chi connectivity index (χ3n) is 3.61. The number of alkyl halides is 2. The number of aryl methyl sites for hydroxylation is 1. The summed E-state index contributed by atoms with van der Waals surface area (Å²) < 4.78 is 29.1. The first-order chi connectivity index (χ1) is 11.0. The highest BCUT2D eigenvalue weighted by atomic mass is 79.9. The van der Waals surface area contributed by atoms with Crippen molar-refractivity contribution in [3.05, 3.63) is 46.5 Å². The van der Waals surface area contributed by atoms with E-state index in [-0.39, 0.29) is 5.82 Å². The van der Waals surface area contributed by atoms with Crippen LogP contribution in [0.1, 0.15) is 17.9 Å². The van der Waals surface area contributed by atoms with Gasteiger partial charge in [-0.2, -0.15) is 5.10 Å². The number of aromatic nitrogens is 5. The van der Waals surface area contributed by atoms with Gasteiger partial charge < -0.3 is 0 Å². The molecule has 0 bridgehead atoms. The fraction of sp³-hybridized carbons (Fsp3) is 0.133. The summed E-state index contributed by atoms with van der Waals surface area (Å²) in [6, 6.07) is 6.98.